The van der Waals surface area contributed by atoms with Crippen LogP contribution in [-0.2, 0) is 10.2 Å². The minimum Gasteiger partial charge on any atom is -0.367 e. The van der Waals surface area contributed by atoms with Crippen molar-refractivity contribution in [2.75, 3.05) is 24.6 Å². The van der Waals surface area contributed by atoms with Crippen LogP contribution in [0, 0.1) is 6.92 Å². The fourth-order valence-electron chi connectivity index (χ4n) is 2.46. The Labute approximate surface area is 135 Å². The fourth-order valence-corrected chi connectivity index (χ4v) is 3.29. The summed E-state index contributed by atoms with van der Waals surface area (Å²) in [7, 11) is 0. The molecule has 0 N–H and O–H groups in total. The van der Waals surface area contributed by atoms with Gasteiger partial charge in [0, 0.05) is 29.1 Å². The average molecular weight is 318 g/mol. The van der Waals surface area contributed by atoms with Gasteiger partial charge in [-0.15, -0.1) is 11.3 Å². The molecule has 0 amide bonds. The fraction of sp³-hybridized carbons (Fsp3) is 0.562. The third kappa shape index (κ3) is 3.28. The third-order valence-corrected chi connectivity index (χ3v) is 4.78. The van der Waals surface area contributed by atoms with Crippen molar-refractivity contribution in [3.05, 3.63) is 34.2 Å². The van der Waals surface area contributed by atoms with Gasteiger partial charge in [0.1, 0.15) is 23.3 Å². The van der Waals surface area contributed by atoms with Crippen molar-refractivity contribution in [2.24, 2.45) is 0 Å². The summed E-state index contributed by atoms with van der Waals surface area (Å²) in [5.74, 6) is 0.974. The summed E-state index contributed by atoms with van der Waals surface area (Å²) in [6.45, 7) is 10.8. The molecule has 0 aliphatic carbocycles. The van der Waals surface area contributed by atoms with Gasteiger partial charge in [0.05, 0.1) is 18.8 Å². The molecule has 3 heterocycles. The topological polar surface area (TPSA) is 51.1 Å². The first-order chi connectivity index (χ1) is 10.4. The third-order valence-electron chi connectivity index (χ3n) is 3.72. The van der Waals surface area contributed by atoms with E-state index in [2.05, 4.69) is 52.1 Å². The average Bonchev–Trinajstić information content (AvgIpc) is 2.93. The summed E-state index contributed by atoms with van der Waals surface area (Å²) >= 11 is 1.67. The van der Waals surface area contributed by atoms with Gasteiger partial charge >= 0.3 is 0 Å². The van der Waals surface area contributed by atoms with E-state index in [1.807, 2.05) is 6.92 Å². The van der Waals surface area contributed by atoms with E-state index in [0.717, 1.165) is 35.3 Å². The molecule has 1 aliphatic heterocycles. The smallest absolute Gasteiger partial charge is 0.132 e. The predicted octanol–water partition coefficient (Wildman–Crippen LogP) is 3.12. The molecule has 0 radical (unpaired) electrons. The highest BCUT2D eigenvalue weighted by molar-refractivity contribution is 7.09. The molecule has 1 atom stereocenters. The Morgan fingerprint density at radius 3 is 2.82 bits per heavy atom. The van der Waals surface area contributed by atoms with Gasteiger partial charge in [0.2, 0.25) is 0 Å². The number of hydrogen-bond donors (Lipinski definition) is 0. The van der Waals surface area contributed by atoms with E-state index in [4.69, 9.17) is 4.74 Å². The van der Waals surface area contributed by atoms with Crippen molar-refractivity contribution < 1.29 is 4.74 Å². The molecule has 5 nitrogen and oxygen atoms in total. The Morgan fingerprint density at radius 2 is 2.14 bits per heavy atom. The zero-order valence-electron chi connectivity index (χ0n) is 13.5. The van der Waals surface area contributed by atoms with Crippen molar-refractivity contribution in [3.8, 4) is 0 Å². The zero-order valence-corrected chi connectivity index (χ0v) is 14.4. The molecule has 22 heavy (non-hydrogen) atoms. The number of aromatic nitrogens is 3. The summed E-state index contributed by atoms with van der Waals surface area (Å²) < 4.78 is 5.89. The van der Waals surface area contributed by atoms with Gasteiger partial charge in [-0.1, -0.05) is 20.8 Å². The molecule has 0 bridgehead atoms. The SMILES string of the molecule is Cc1csc(C2CN(c3cc(C(C)(C)C)ncn3)CCO2)n1. The van der Waals surface area contributed by atoms with Crippen LogP contribution < -0.4 is 4.90 Å². The van der Waals surface area contributed by atoms with E-state index in [1.165, 1.54) is 0 Å². The van der Waals surface area contributed by atoms with E-state index < -0.39 is 0 Å². The molecule has 3 rings (SSSR count). The van der Waals surface area contributed by atoms with Crippen LogP contribution >= 0.6 is 11.3 Å². The Kier molecular flexibility index (Phi) is 4.14. The lowest BCUT2D eigenvalue weighted by molar-refractivity contribution is 0.0393. The number of nitrogens with zero attached hydrogens (tertiary/aromatic N) is 4. The second-order valence-electron chi connectivity index (χ2n) is 6.64. The van der Waals surface area contributed by atoms with E-state index in [1.54, 1.807) is 17.7 Å². The maximum absolute atomic E-state index is 5.89. The molecule has 2 aromatic rings. The van der Waals surface area contributed by atoms with Crippen molar-refractivity contribution in [3.63, 3.8) is 0 Å². The van der Waals surface area contributed by atoms with Crippen LogP contribution in [-0.4, -0.2) is 34.6 Å². The summed E-state index contributed by atoms with van der Waals surface area (Å²) in [6.07, 6.45) is 1.69. The Morgan fingerprint density at radius 1 is 1.32 bits per heavy atom. The molecule has 6 heteroatoms. The van der Waals surface area contributed by atoms with E-state index in [0.29, 0.717) is 6.61 Å². The highest BCUT2D eigenvalue weighted by Crippen LogP contribution is 2.28. The summed E-state index contributed by atoms with van der Waals surface area (Å²) in [5, 5.41) is 3.12. The number of aryl methyl sites for hydroxylation is 1. The van der Waals surface area contributed by atoms with Gasteiger partial charge in [0.15, 0.2) is 0 Å². The first-order valence-corrected chi connectivity index (χ1v) is 8.42. The predicted molar refractivity (Wildman–Crippen MR) is 88.5 cm³/mol. The van der Waals surface area contributed by atoms with Crippen LogP contribution in [0.3, 0.4) is 0 Å². The Hall–Kier alpha value is -1.53. The summed E-state index contributed by atoms with van der Waals surface area (Å²) in [5.41, 5.74) is 2.14. The largest absolute Gasteiger partial charge is 0.367 e. The van der Waals surface area contributed by atoms with Crippen LogP contribution in [0.15, 0.2) is 17.8 Å². The minimum atomic E-state index is 0.0236. The van der Waals surface area contributed by atoms with Crippen LogP contribution in [0.5, 0.6) is 0 Å². The van der Waals surface area contributed by atoms with E-state index in [9.17, 15) is 0 Å². The van der Waals surface area contributed by atoms with Crippen LogP contribution in [0.4, 0.5) is 5.82 Å². The van der Waals surface area contributed by atoms with E-state index in [-0.39, 0.29) is 11.5 Å². The number of rotatable bonds is 2. The maximum atomic E-state index is 5.89. The molecule has 1 unspecified atom stereocenters. The van der Waals surface area contributed by atoms with Crippen LogP contribution in [0.25, 0.3) is 0 Å². The lowest BCUT2D eigenvalue weighted by atomic mass is 9.92. The van der Waals surface area contributed by atoms with Gasteiger partial charge in [-0.3, -0.25) is 0 Å². The number of anilines is 1. The second kappa shape index (κ2) is 5.93. The molecule has 1 saturated heterocycles. The molecular weight excluding hydrogens is 296 g/mol. The van der Waals surface area contributed by atoms with Crippen LogP contribution in [0.2, 0.25) is 0 Å². The van der Waals surface area contributed by atoms with Gasteiger partial charge in [-0.05, 0) is 6.92 Å². The zero-order chi connectivity index (χ0) is 15.7. The standard InChI is InChI=1S/C16H22N4OS/c1-11-9-22-15(19-11)12-8-20(5-6-21-12)14-7-13(16(2,3)4)17-10-18-14/h7,9-10,12H,5-6,8H2,1-4H3. The number of ether oxygens (including phenoxy) is 1. The highest BCUT2D eigenvalue weighted by Gasteiger charge is 2.26. The van der Waals surface area contributed by atoms with Gasteiger partial charge in [-0.2, -0.15) is 0 Å². The van der Waals surface area contributed by atoms with Crippen LogP contribution in [0.1, 0.15) is 43.3 Å². The molecule has 0 aromatic carbocycles. The second-order valence-corrected chi connectivity index (χ2v) is 7.53. The number of morpholine rings is 1. The Balaban J connectivity index is 1.80. The van der Waals surface area contributed by atoms with Crippen molar-refractivity contribution in [2.45, 2.75) is 39.2 Å². The first-order valence-electron chi connectivity index (χ1n) is 7.54. The van der Waals surface area contributed by atoms with Gasteiger partial charge in [-0.25, -0.2) is 15.0 Å². The molecule has 0 saturated carbocycles. The normalized spacial score (nSPS) is 19.5. The van der Waals surface area contributed by atoms with E-state index >= 15 is 0 Å². The van der Waals surface area contributed by atoms with Gasteiger partial charge in [0.25, 0.3) is 0 Å². The maximum Gasteiger partial charge on any atom is 0.132 e. The van der Waals surface area contributed by atoms with Crippen molar-refractivity contribution in [1.29, 1.82) is 0 Å². The van der Waals surface area contributed by atoms with Gasteiger partial charge < -0.3 is 9.64 Å². The van der Waals surface area contributed by atoms with Crippen molar-refractivity contribution >= 4 is 17.2 Å². The molecule has 1 aliphatic rings. The molecule has 1 fully saturated rings. The first kappa shape index (κ1) is 15.4. The lowest BCUT2D eigenvalue weighted by Gasteiger charge is -2.33. The number of thiazole rings is 1. The molecule has 0 spiro atoms. The summed E-state index contributed by atoms with van der Waals surface area (Å²) in [4.78, 5) is 15.7. The lowest BCUT2D eigenvalue weighted by Crippen LogP contribution is -2.39. The molecular formula is C16H22N4OS. The Bertz CT molecular complexity index is 650. The summed E-state index contributed by atoms with van der Waals surface area (Å²) in [6, 6.07) is 2.09. The van der Waals surface area contributed by atoms with Crippen molar-refractivity contribution in [1.82, 2.24) is 15.0 Å². The minimum absolute atomic E-state index is 0.0236. The highest BCUT2D eigenvalue weighted by atomic mass is 32.1. The quantitative estimate of drug-likeness (QED) is 0.851. The monoisotopic (exact) mass is 318 g/mol. The number of hydrogen-bond acceptors (Lipinski definition) is 6. The molecule has 118 valence electrons. The molecule has 2 aromatic heterocycles.